The number of Topliss-reactive ketones (excluding diaryl/α,β-unsaturated/α-hetero) is 2. The lowest BCUT2D eigenvalue weighted by molar-refractivity contribution is -0.148. The minimum Gasteiger partial charge on any atom is -0.366 e. The zero-order valence-corrected chi connectivity index (χ0v) is 18.7. The van der Waals surface area contributed by atoms with Crippen LogP contribution in [-0.4, -0.2) is 24.2 Å². The lowest BCUT2D eigenvalue weighted by Gasteiger charge is -2.60. The molecular formula is C27H35NO2. The first kappa shape index (κ1) is 19.1. The van der Waals surface area contributed by atoms with Crippen molar-refractivity contribution in [1.29, 1.82) is 0 Å². The molecule has 1 aromatic rings. The third-order valence-corrected chi connectivity index (χ3v) is 9.36. The number of anilines is 1. The number of nitrogens with zero attached hydrogens (tertiary/aromatic N) is 1. The Morgan fingerprint density at radius 2 is 1.47 bits per heavy atom. The second kappa shape index (κ2) is 6.20. The standard InChI is InChI=1S/C27H35NO2/c1-16-4-5-22-21(6-16)12-27(23(29)13-26(2,3)14-24(27)30)15-28(22)25-19-8-17-7-18(10-19)11-20(25)9-17/h4-6,17-20,25H,7-15H2,1-3H3. The Balaban J connectivity index is 1.44. The Labute approximate surface area is 180 Å². The Morgan fingerprint density at radius 1 is 0.867 bits per heavy atom. The van der Waals surface area contributed by atoms with Crippen LogP contribution in [0, 0.1) is 41.4 Å². The first-order valence-electron chi connectivity index (χ1n) is 12.2. The van der Waals surface area contributed by atoms with Gasteiger partial charge in [0.15, 0.2) is 0 Å². The van der Waals surface area contributed by atoms with Crippen LogP contribution in [0.2, 0.25) is 0 Å². The average molecular weight is 406 g/mol. The van der Waals surface area contributed by atoms with Gasteiger partial charge in [-0.15, -0.1) is 0 Å². The van der Waals surface area contributed by atoms with Crippen molar-refractivity contribution in [3.63, 3.8) is 0 Å². The third kappa shape index (κ3) is 2.69. The Hall–Kier alpha value is -1.64. The molecule has 1 aliphatic heterocycles. The quantitative estimate of drug-likeness (QED) is 0.608. The summed E-state index contributed by atoms with van der Waals surface area (Å²) in [5, 5.41) is 0. The predicted octanol–water partition coefficient (Wildman–Crippen LogP) is 5.13. The minimum atomic E-state index is -0.815. The molecule has 4 bridgehead atoms. The monoisotopic (exact) mass is 405 g/mol. The molecule has 5 saturated carbocycles. The van der Waals surface area contributed by atoms with Gasteiger partial charge in [0.2, 0.25) is 0 Å². The van der Waals surface area contributed by atoms with E-state index in [0.29, 0.717) is 31.8 Å². The zero-order valence-electron chi connectivity index (χ0n) is 18.7. The lowest BCUT2D eigenvalue weighted by atomic mass is 9.53. The molecule has 6 aliphatic rings. The van der Waals surface area contributed by atoms with Crippen LogP contribution in [0.5, 0.6) is 0 Å². The number of ketones is 2. The van der Waals surface area contributed by atoms with Crippen LogP contribution in [0.4, 0.5) is 5.69 Å². The predicted molar refractivity (Wildman–Crippen MR) is 119 cm³/mol. The van der Waals surface area contributed by atoms with Gasteiger partial charge in [0.25, 0.3) is 0 Å². The second-order valence-corrected chi connectivity index (χ2v) is 12.3. The molecule has 0 N–H and O–H groups in total. The third-order valence-electron chi connectivity index (χ3n) is 9.36. The molecular weight excluding hydrogens is 370 g/mol. The van der Waals surface area contributed by atoms with Crippen LogP contribution >= 0.6 is 0 Å². The molecule has 0 radical (unpaired) electrons. The first-order valence-corrected chi connectivity index (χ1v) is 12.2. The topological polar surface area (TPSA) is 37.4 Å². The van der Waals surface area contributed by atoms with Crippen LogP contribution in [0.25, 0.3) is 0 Å². The van der Waals surface area contributed by atoms with Crippen molar-refractivity contribution >= 4 is 17.3 Å². The van der Waals surface area contributed by atoms with Crippen molar-refractivity contribution in [3.8, 4) is 0 Å². The van der Waals surface area contributed by atoms with E-state index < -0.39 is 5.41 Å². The van der Waals surface area contributed by atoms with Crippen LogP contribution in [0.1, 0.15) is 69.9 Å². The van der Waals surface area contributed by atoms with Crippen LogP contribution < -0.4 is 4.90 Å². The maximum absolute atomic E-state index is 13.6. The molecule has 3 nitrogen and oxygen atoms in total. The number of fused-ring (bicyclic) bond motifs is 1. The molecule has 0 amide bonds. The number of carbonyl (C=O) groups excluding carboxylic acids is 2. The van der Waals surface area contributed by atoms with Gasteiger partial charge in [0.1, 0.15) is 17.0 Å². The zero-order chi connectivity index (χ0) is 20.8. The normalized spacial score (nSPS) is 38.2. The summed E-state index contributed by atoms with van der Waals surface area (Å²) in [5.41, 5.74) is 2.77. The van der Waals surface area contributed by atoms with E-state index in [1.165, 1.54) is 48.9 Å². The van der Waals surface area contributed by atoms with Crippen LogP contribution in [-0.2, 0) is 16.0 Å². The van der Waals surface area contributed by atoms with Gasteiger partial charge in [-0.3, -0.25) is 9.59 Å². The maximum Gasteiger partial charge on any atom is 0.149 e. The summed E-state index contributed by atoms with van der Waals surface area (Å²) in [5.74, 6) is 3.75. The summed E-state index contributed by atoms with van der Waals surface area (Å²) >= 11 is 0. The Morgan fingerprint density at radius 3 is 2.07 bits per heavy atom. The highest BCUT2D eigenvalue weighted by atomic mass is 16.2. The summed E-state index contributed by atoms with van der Waals surface area (Å²) in [7, 11) is 0. The Bertz CT molecular complexity index is 881. The number of aryl methyl sites for hydroxylation is 1. The van der Waals surface area contributed by atoms with Crippen molar-refractivity contribution in [2.45, 2.75) is 78.2 Å². The summed E-state index contributed by atoms with van der Waals surface area (Å²) in [6.07, 6.45) is 8.57. The van der Waals surface area contributed by atoms with Gasteiger partial charge in [-0.2, -0.15) is 0 Å². The van der Waals surface area contributed by atoms with Crippen molar-refractivity contribution in [1.82, 2.24) is 0 Å². The van der Waals surface area contributed by atoms with E-state index in [9.17, 15) is 9.59 Å². The molecule has 0 aromatic heterocycles. The number of carbonyl (C=O) groups is 2. The average Bonchev–Trinajstić information content (AvgIpc) is 2.64. The highest BCUT2D eigenvalue weighted by molar-refractivity contribution is 6.11. The van der Waals surface area contributed by atoms with Gasteiger partial charge in [-0.1, -0.05) is 31.5 Å². The highest BCUT2D eigenvalue weighted by Gasteiger charge is 2.58. The fourth-order valence-electron chi connectivity index (χ4n) is 8.36. The van der Waals surface area contributed by atoms with Gasteiger partial charge in [-0.25, -0.2) is 0 Å². The summed E-state index contributed by atoms with van der Waals surface area (Å²) in [4.78, 5) is 29.7. The van der Waals surface area contributed by atoms with Crippen molar-refractivity contribution in [2.75, 3.05) is 11.4 Å². The van der Waals surface area contributed by atoms with Crippen molar-refractivity contribution < 1.29 is 9.59 Å². The molecule has 0 unspecified atom stereocenters. The molecule has 1 spiro atoms. The van der Waals surface area contributed by atoms with Crippen LogP contribution in [0.15, 0.2) is 18.2 Å². The number of hydrogen-bond donors (Lipinski definition) is 0. The van der Waals surface area contributed by atoms with E-state index in [2.05, 4.69) is 43.9 Å². The van der Waals surface area contributed by atoms with E-state index in [1.54, 1.807) is 0 Å². The molecule has 5 aliphatic carbocycles. The molecule has 5 fully saturated rings. The number of benzene rings is 1. The molecule has 1 aromatic carbocycles. The molecule has 7 rings (SSSR count). The minimum absolute atomic E-state index is 0.195. The molecule has 160 valence electrons. The van der Waals surface area contributed by atoms with Gasteiger partial charge in [-0.05, 0) is 86.2 Å². The highest BCUT2D eigenvalue weighted by Crippen LogP contribution is 2.57. The van der Waals surface area contributed by atoms with Gasteiger partial charge in [0, 0.05) is 31.1 Å². The van der Waals surface area contributed by atoms with Crippen molar-refractivity contribution in [3.05, 3.63) is 29.3 Å². The first-order chi connectivity index (χ1) is 14.2. The van der Waals surface area contributed by atoms with E-state index in [4.69, 9.17) is 0 Å². The Kier molecular flexibility index (Phi) is 3.94. The van der Waals surface area contributed by atoms with E-state index in [1.807, 2.05) is 0 Å². The van der Waals surface area contributed by atoms with Gasteiger partial charge >= 0.3 is 0 Å². The molecule has 1 heterocycles. The van der Waals surface area contributed by atoms with Gasteiger partial charge in [0.05, 0.1) is 0 Å². The van der Waals surface area contributed by atoms with Crippen LogP contribution in [0.3, 0.4) is 0 Å². The van der Waals surface area contributed by atoms with E-state index in [0.717, 1.165) is 23.7 Å². The lowest BCUT2D eigenvalue weighted by Crippen LogP contribution is -2.63. The molecule has 30 heavy (non-hydrogen) atoms. The fourth-order valence-corrected chi connectivity index (χ4v) is 8.36. The van der Waals surface area contributed by atoms with Crippen molar-refractivity contribution in [2.24, 2.45) is 34.5 Å². The van der Waals surface area contributed by atoms with E-state index >= 15 is 0 Å². The summed E-state index contributed by atoms with van der Waals surface area (Å²) in [6.45, 7) is 6.91. The number of rotatable bonds is 1. The largest absolute Gasteiger partial charge is 0.366 e. The molecule has 0 saturated heterocycles. The number of hydrogen-bond acceptors (Lipinski definition) is 3. The fraction of sp³-hybridized carbons (Fsp3) is 0.704. The molecule has 0 atom stereocenters. The van der Waals surface area contributed by atoms with E-state index in [-0.39, 0.29) is 17.0 Å². The van der Waals surface area contributed by atoms with Gasteiger partial charge < -0.3 is 4.90 Å². The SMILES string of the molecule is Cc1ccc2c(c1)CC1(CN2C2C3CC4CC(C3)CC2C4)C(=O)CC(C)(C)CC1=O. The second-order valence-electron chi connectivity index (χ2n) is 12.3. The maximum atomic E-state index is 13.6. The summed E-state index contributed by atoms with van der Waals surface area (Å²) < 4.78 is 0. The molecule has 3 heteroatoms. The summed E-state index contributed by atoms with van der Waals surface area (Å²) in [6, 6.07) is 7.27. The smallest absolute Gasteiger partial charge is 0.149 e.